The molecule has 3 N–H and O–H groups in total. The average molecular weight is 492 g/mol. The predicted molar refractivity (Wildman–Crippen MR) is 140 cm³/mol. The highest BCUT2D eigenvalue weighted by Crippen LogP contribution is 2.23. The summed E-state index contributed by atoms with van der Waals surface area (Å²) in [4.78, 5) is 29.9. The van der Waals surface area contributed by atoms with Crippen LogP contribution in [0.1, 0.15) is 93.9 Å². The third kappa shape index (κ3) is 16.4. The summed E-state index contributed by atoms with van der Waals surface area (Å²) in [6, 6.07) is 3.41. The smallest absolute Gasteiger partial charge is 0.252 e. The van der Waals surface area contributed by atoms with E-state index >= 15 is 0 Å². The normalized spacial score (nSPS) is 9.37. The van der Waals surface area contributed by atoms with Gasteiger partial charge in [-0.15, -0.1) is 0 Å². The summed E-state index contributed by atoms with van der Waals surface area (Å²) in [5, 5.41) is 21.3. The molecule has 0 radical (unpaired) electrons. The van der Waals surface area contributed by atoms with Gasteiger partial charge in [0.05, 0.1) is 24.5 Å². The first-order valence-corrected chi connectivity index (χ1v) is 12.3. The minimum absolute atomic E-state index is 0.0528. The third-order valence-corrected chi connectivity index (χ3v) is 4.51. The van der Waals surface area contributed by atoms with Crippen molar-refractivity contribution >= 4 is 11.7 Å². The number of nitrogens with zero attached hydrogens (tertiary/aromatic N) is 2. The molecule has 0 unspecified atom stereocenters. The Labute approximate surface area is 211 Å². The van der Waals surface area contributed by atoms with Gasteiger partial charge in [0.1, 0.15) is 11.5 Å². The Balaban J connectivity index is 0. The van der Waals surface area contributed by atoms with Crippen molar-refractivity contribution in [2.75, 3.05) is 13.7 Å². The average Bonchev–Trinajstić information content (AvgIpc) is 2.87. The number of aryl methyl sites for hydroxylation is 1. The Morgan fingerprint density at radius 2 is 1.77 bits per heavy atom. The number of methoxy groups -OCH3 is 1. The zero-order valence-corrected chi connectivity index (χ0v) is 22.6. The van der Waals surface area contributed by atoms with E-state index in [1.165, 1.54) is 25.5 Å². The molecule has 0 aromatic carbocycles. The molecule has 2 rings (SSSR count). The van der Waals surface area contributed by atoms with Crippen LogP contribution >= 0.6 is 0 Å². The predicted octanol–water partition coefficient (Wildman–Crippen LogP) is 5.14. The third-order valence-electron chi connectivity index (χ3n) is 4.51. The second kappa shape index (κ2) is 22.9. The van der Waals surface area contributed by atoms with Crippen LogP contribution in [0.4, 0.5) is 0 Å². The van der Waals surface area contributed by atoms with Crippen LogP contribution in [0.25, 0.3) is 0 Å². The Hall–Kier alpha value is -2.84. The number of unbranched alkanes of at least 4 members (excludes halogenated alkanes) is 2. The first-order chi connectivity index (χ1) is 16.8. The van der Waals surface area contributed by atoms with E-state index < -0.39 is 0 Å². The van der Waals surface area contributed by atoms with Crippen LogP contribution in [0.15, 0.2) is 30.7 Å². The number of ketones is 1. The maximum atomic E-state index is 11.5. The van der Waals surface area contributed by atoms with Crippen molar-refractivity contribution in [2.24, 2.45) is 0 Å². The van der Waals surface area contributed by atoms with Crippen molar-refractivity contribution < 1.29 is 24.5 Å². The highest BCUT2D eigenvalue weighted by atomic mass is 16.5. The molecule has 0 aliphatic heterocycles. The van der Waals surface area contributed by atoms with Gasteiger partial charge >= 0.3 is 0 Å². The summed E-state index contributed by atoms with van der Waals surface area (Å²) < 4.78 is 4.90. The first-order valence-electron chi connectivity index (χ1n) is 12.3. The van der Waals surface area contributed by atoms with Crippen LogP contribution in [0.2, 0.25) is 0 Å². The number of pyridine rings is 2. The number of aliphatic hydroxyl groups is 1. The Kier molecular flexibility index (Phi) is 22.5. The number of aromatic hydroxyl groups is 1. The maximum Gasteiger partial charge on any atom is 0.252 e. The topological polar surface area (TPSA) is 122 Å². The van der Waals surface area contributed by atoms with Gasteiger partial charge in [-0.25, -0.2) is 0 Å². The zero-order chi connectivity index (χ0) is 27.1. The van der Waals surface area contributed by atoms with Crippen molar-refractivity contribution in [3.8, 4) is 5.75 Å². The van der Waals surface area contributed by atoms with Crippen molar-refractivity contribution in [1.29, 1.82) is 0 Å². The first kappa shape index (κ1) is 34.3. The fourth-order valence-corrected chi connectivity index (χ4v) is 2.63. The quantitative estimate of drug-likeness (QED) is 0.393. The fourth-order valence-electron chi connectivity index (χ4n) is 2.63. The van der Waals surface area contributed by atoms with Crippen LogP contribution in [-0.2, 0) is 22.7 Å². The molecule has 0 spiro atoms. The van der Waals surface area contributed by atoms with Crippen LogP contribution in [0.3, 0.4) is 0 Å². The number of nitrogens with one attached hydrogen (secondary N) is 1. The number of hydrogen-bond donors (Lipinski definition) is 3. The molecule has 198 valence electrons. The standard InChI is InChI=1S/C11H14N2O2.C9H13NO3.C5H12.C2H6/c1-9(14)4-2-7-13-11(15)10-5-3-6-12-8-10;1-6-9(12)8(4-11)7(3-10-6)5-13-2;1-3-5-4-2;1-2/h3,5-6,8H,2,4,7H2,1H3,(H,13,15);3,11-12H,4-5H2,1-2H3;3-5H2,1-2H3;1-2H3. The lowest BCUT2D eigenvalue weighted by atomic mass is 10.1. The number of carbonyl (C=O) groups is 2. The number of Topliss-reactive ketones (excluding diaryl/α,β-unsaturated/α-hetero) is 1. The second-order valence-corrected chi connectivity index (χ2v) is 7.44. The van der Waals surface area contributed by atoms with Crippen molar-refractivity contribution in [1.82, 2.24) is 15.3 Å². The van der Waals surface area contributed by atoms with E-state index in [2.05, 4.69) is 29.1 Å². The molecule has 1 amide bonds. The van der Waals surface area contributed by atoms with Crippen LogP contribution in [-0.4, -0.2) is 45.5 Å². The van der Waals surface area contributed by atoms with E-state index in [-0.39, 0.29) is 24.0 Å². The molecule has 8 heteroatoms. The number of aliphatic hydroxyl groups excluding tert-OH is 1. The minimum atomic E-state index is -0.201. The Bertz CT molecular complexity index is 812. The molecule has 0 aliphatic rings. The summed E-state index contributed by atoms with van der Waals surface area (Å²) >= 11 is 0. The largest absolute Gasteiger partial charge is 0.506 e. The molecule has 35 heavy (non-hydrogen) atoms. The minimum Gasteiger partial charge on any atom is -0.506 e. The Morgan fingerprint density at radius 3 is 2.23 bits per heavy atom. The number of carbonyl (C=O) groups excluding carboxylic acids is 2. The molecule has 0 saturated heterocycles. The molecule has 0 atom stereocenters. The summed E-state index contributed by atoms with van der Waals surface area (Å²) in [7, 11) is 1.55. The van der Waals surface area contributed by atoms with Gasteiger partial charge < -0.3 is 25.1 Å². The highest BCUT2D eigenvalue weighted by Gasteiger charge is 2.10. The molecule has 0 saturated carbocycles. The lowest BCUT2D eigenvalue weighted by molar-refractivity contribution is -0.117. The molecular formula is C27H45N3O5. The number of amides is 1. The molecule has 0 fully saturated rings. The van der Waals surface area contributed by atoms with Gasteiger partial charge in [0.15, 0.2) is 0 Å². The van der Waals surface area contributed by atoms with Crippen molar-refractivity contribution in [3.63, 3.8) is 0 Å². The monoisotopic (exact) mass is 491 g/mol. The van der Waals surface area contributed by atoms with E-state index in [1.807, 2.05) is 13.8 Å². The molecule has 2 heterocycles. The SMILES string of the molecule is CC.CC(=O)CCCNC(=O)c1cccnc1.CCCCC.COCc1cnc(C)c(O)c1CO. The van der Waals surface area contributed by atoms with Gasteiger partial charge in [0.2, 0.25) is 0 Å². The van der Waals surface area contributed by atoms with E-state index in [0.29, 0.717) is 48.4 Å². The van der Waals surface area contributed by atoms with E-state index in [1.54, 1.807) is 45.5 Å². The lowest BCUT2D eigenvalue weighted by Gasteiger charge is -2.09. The van der Waals surface area contributed by atoms with Gasteiger partial charge in [0, 0.05) is 49.8 Å². The molecule has 2 aromatic heterocycles. The highest BCUT2D eigenvalue weighted by molar-refractivity contribution is 5.93. The van der Waals surface area contributed by atoms with Gasteiger partial charge in [-0.3, -0.25) is 14.8 Å². The summed E-state index contributed by atoms with van der Waals surface area (Å²) in [6.07, 6.45) is 10.00. The molecule has 8 nitrogen and oxygen atoms in total. The van der Waals surface area contributed by atoms with Gasteiger partial charge in [-0.05, 0) is 32.4 Å². The van der Waals surface area contributed by atoms with Crippen LogP contribution < -0.4 is 5.32 Å². The number of aromatic nitrogens is 2. The Morgan fingerprint density at radius 1 is 1.11 bits per heavy atom. The maximum absolute atomic E-state index is 11.5. The van der Waals surface area contributed by atoms with Crippen molar-refractivity contribution in [3.05, 3.63) is 53.1 Å². The van der Waals surface area contributed by atoms with E-state index in [9.17, 15) is 14.7 Å². The second-order valence-electron chi connectivity index (χ2n) is 7.44. The van der Waals surface area contributed by atoms with E-state index in [0.717, 1.165) is 0 Å². The summed E-state index contributed by atoms with van der Waals surface area (Å²) in [5.74, 6) is 0.0503. The number of rotatable bonds is 10. The zero-order valence-electron chi connectivity index (χ0n) is 22.6. The molecular weight excluding hydrogens is 446 g/mol. The molecule has 0 aliphatic carbocycles. The fraction of sp³-hybridized carbons (Fsp3) is 0.556. The summed E-state index contributed by atoms with van der Waals surface area (Å²) in [6.45, 7) is 12.3. The van der Waals surface area contributed by atoms with Crippen LogP contribution in [0.5, 0.6) is 5.75 Å². The summed E-state index contributed by atoms with van der Waals surface area (Å²) in [5.41, 5.74) is 2.27. The van der Waals surface area contributed by atoms with Crippen molar-refractivity contribution in [2.45, 2.75) is 86.9 Å². The van der Waals surface area contributed by atoms with E-state index in [4.69, 9.17) is 9.84 Å². The number of hydrogen-bond acceptors (Lipinski definition) is 7. The molecule has 2 aromatic rings. The molecule has 0 bridgehead atoms. The van der Waals surface area contributed by atoms with Gasteiger partial charge in [0.25, 0.3) is 5.91 Å². The number of ether oxygens (including phenoxy) is 1. The van der Waals surface area contributed by atoms with Gasteiger partial charge in [-0.2, -0.15) is 0 Å². The van der Waals surface area contributed by atoms with Crippen LogP contribution in [0, 0.1) is 6.92 Å². The van der Waals surface area contributed by atoms with Gasteiger partial charge in [-0.1, -0.05) is 47.0 Å². The lowest BCUT2D eigenvalue weighted by Crippen LogP contribution is -2.24.